The van der Waals surface area contributed by atoms with Crippen LogP contribution >= 0.6 is 0 Å². The summed E-state index contributed by atoms with van der Waals surface area (Å²) in [4.78, 5) is 22.7. The van der Waals surface area contributed by atoms with Gasteiger partial charge in [-0.3, -0.25) is 9.59 Å². The molecular formula is C23H34O7Si. The number of rotatable bonds is 7. The molecule has 1 aliphatic heterocycles. The summed E-state index contributed by atoms with van der Waals surface area (Å²) in [6.45, 7) is 13.5. The first-order chi connectivity index (χ1) is 14.3. The van der Waals surface area contributed by atoms with Gasteiger partial charge in [0.15, 0.2) is 5.75 Å². The molecule has 3 atom stereocenters. The van der Waals surface area contributed by atoms with Gasteiger partial charge in [0, 0.05) is 13.8 Å². The van der Waals surface area contributed by atoms with E-state index in [9.17, 15) is 9.59 Å². The van der Waals surface area contributed by atoms with E-state index < -0.39 is 38.6 Å². The first-order valence-electron chi connectivity index (χ1n) is 10.4. The maximum absolute atomic E-state index is 11.4. The molecule has 31 heavy (non-hydrogen) atoms. The van der Waals surface area contributed by atoms with Crippen LogP contribution < -0.4 is 9.16 Å². The summed E-state index contributed by atoms with van der Waals surface area (Å²) >= 11 is 0. The maximum atomic E-state index is 11.4. The van der Waals surface area contributed by atoms with Crippen molar-refractivity contribution < 1.29 is 33.0 Å². The average molecular weight is 451 g/mol. The van der Waals surface area contributed by atoms with E-state index in [-0.39, 0.29) is 11.6 Å². The van der Waals surface area contributed by atoms with Crippen molar-refractivity contribution in [3.63, 3.8) is 0 Å². The van der Waals surface area contributed by atoms with Crippen LogP contribution in [0.4, 0.5) is 0 Å². The van der Waals surface area contributed by atoms with Crippen molar-refractivity contribution >= 4 is 20.3 Å². The summed E-state index contributed by atoms with van der Waals surface area (Å²) in [7, 11) is -0.473. The molecule has 0 aliphatic carbocycles. The molecule has 2 rings (SSSR count). The predicted molar refractivity (Wildman–Crippen MR) is 120 cm³/mol. The molecule has 0 amide bonds. The van der Waals surface area contributed by atoms with Crippen molar-refractivity contribution in [3.8, 4) is 11.5 Å². The summed E-state index contributed by atoms with van der Waals surface area (Å²) < 4.78 is 28.6. The van der Waals surface area contributed by atoms with Crippen molar-refractivity contribution in [2.45, 2.75) is 71.1 Å². The Bertz CT molecular complexity index is 826. The van der Waals surface area contributed by atoms with E-state index in [1.807, 2.05) is 24.3 Å². The van der Waals surface area contributed by atoms with Crippen LogP contribution in [0.25, 0.3) is 0 Å². The second-order valence-corrected chi connectivity index (χ2v) is 13.9. The predicted octanol–water partition coefficient (Wildman–Crippen LogP) is 4.57. The molecule has 0 fully saturated rings. The molecular weight excluding hydrogens is 416 g/mol. The lowest BCUT2D eigenvalue weighted by Crippen LogP contribution is -2.44. The monoisotopic (exact) mass is 450 g/mol. The third-order valence-electron chi connectivity index (χ3n) is 5.60. The molecule has 0 N–H and O–H groups in total. The fraction of sp³-hybridized carbons (Fsp3) is 0.565. The third-order valence-corrected chi connectivity index (χ3v) is 9.95. The van der Waals surface area contributed by atoms with Crippen LogP contribution in [0.15, 0.2) is 30.4 Å². The number of methoxy groups -OCH3 is 1. The molecule has 0 saturated carbocycles. The van der Waals surface area contributed by atoms with Gasteiger partial charge in [-0.2, -0.15) is 0 Å². The topological polar surface area (TPSA) is 80.3 Å². The van der Waals surface area contributed by atoms with Crippen molar-refractivity contribution in [1.82, 2.24) is 0 Å². The standard InChI is InChI=1S/C23H34O7Si/c1-15(24)27-14-22-20(28-16(2)25)12-11-18(29-22)17-9-10-19(26-6)21(13-17)30-31(7,8)23(3,4)5/h9-13,18,20,22H,14H2,1-8H3/t18-,20-,22+/m0/s1. The van der Waals surface area contributed by atoms with Crippen LogP contribution in [0.3, 0.4) is 0 Å². The first-order valence-corrected chi connectivity index (χ1v) is 13.3. The molecule has 1 aromatic carbocycles. The Hall–Kier alpha value is -2.32. The number of benzene rings is 1. The second kappa shape index (κ2) is 9.87. The Kier molecular flexibility index (Phi) is 7.94. The summed E-state index contributed by atoms with van der Waals surface area (Å²) in [5.74, 6) is 0.467. The highest BCUT2D eigenvalue weighted by Gasteiger charge is 2.40. The maximum Gasteiger partial charge on any atom is 0.303 e. The van der Waals surface area contributed by atoms with Crippen LogP contribution in [-0.2, 0) is 23.8 Å². The van der Waals surface area contributed by atoms with E-state index in [1.165, 1.54) is 13.8 Å². The highest BCUT2D eigenvalue weighted by atomic mass is 28.4. The van der Waals surface area contributed by atoms with E-state index in [0.29, 0.717) is 11.5 Å². The molecule has 172 valence electrons. The van der Waals surface area contributed by atoms with E-state index in [2.05, 4.69) is 33.9 Å². The van der Waals surface area contributed by atoms with Gasteiger partial charge in [0.1, 0.15) is 30.7 Å². The minimum Gasteiger partial charge on any atom is -0.541 e. The lowest BCUT2D eigenvalue weighted by Gasteiger charge is -2.37. The van der Waals surface area contributed by atoms with Gasteiger partial charge in [-0.1, -0.05) is 32.9 Å². The zero-order chi connectivity index (χ0) is 23.4. The quantitative estimate of drug-likeness (QED) is 0.342. The summed E-state index contributed by atoms with van der Waals surface area (Å²) in [5.41, 5.74) is 0.861. The van der Waals surface area contributed by atoms with E-state index in [0.717, 1.165) is 5.56 Å². The van der Waals surface area contributed by atoms with Gasteiger partial charge in [-0.05, 0) is 41.9 Å². The number of ether oxygens (including phenoxy) is 4. The molecule has 0 bridgehead atoms. The molecule has 0 spiro atoms. The third kappa shape index (κ3) is 6.58. The van der Waals surface area contributed by atoms with Gasteiger partial charge >= 0.3 is 11.9 Å². The van der Waals surface area contributed by atoms with Crippen LogP contribution in [0, 0.1) is 0 Å². The molecule has 1 heterocycles. The first kappa shape index (κ1) is 24.9. The number of carbonyl (C=O) groups excluding carboxylic acids is 2. The minimum atomic E-state index is -2.09. The SMILES string of the molecule is COc1ccc([C@@H]2C=C[C@H](OC(C)=O)[C@@H](COC(C)=O)O2)cc1O[Si](C)(C)C(C)(C)C. The lowest BCUT2D eigenvalue weighted by molar-refractivity contribution is -0.163. The molecule has 8 heteroatoms. The number of hydrogen-bond acceptors (Lipinski definition) is 7. The van der Waals surface area contributed by atoms with Crippen LogP contribution in [0.5, 0.6) is 11.5 Å². The number of hydrogen-bond donors (Lipinski definition) is 0. The molecule has 0 aromatic heterocycles. The molecule has 1 aromatic rings. The Labute approximate surface area is 185 Å². The van der Waals surface area contributed by atoms with Crippen molar-refractivity contribution in [2.24, 2.45) is 0 Å². The Morgan fingerprint density at radius 1 is 1.06 bits per heavy atom. The highest BCUT2D eigenvalue weighted by molar-refractivity contribution is 6.74. The minimum absolute atomic E-state index is 0.0163. The van der Waals surface area contributed by atoms with E-state index in [4.69, 9.17) is 23.4 Å². The van der Waals surface area contributed by atoms with E-state index in [1.54, 1.807) is 13.2 Å². The van der Waals surface area contributed by atoms with Crippen LogP contribution in [0.1, 0.15) is 46.3 Å². The molecule has 0 radical (unpaired) electrons. The van der Waals surface area contributed by atoms with Gasteiger partial charge in [-0.25, -0.2) is 0 Å². The highest BCUT2D eigenvalue weighted by Crippen LogP contribution is 2.41. The van der Waals surface area contributed by atoms with Crippen molar-refractivity contribution in [1.29, 1.82) is 0 Å². The summed E-state index contributed by atoms with van der Waals surface area (Å²) in [5, 5.41) is 0.0294. The van der Waals surface area contributed by atoms with Gasteiger partial charge in [0.2, 0.25) is 0 Å². The fourth-order valence-corrected chi connectivity index (χ4v) is 3.87. The van der Waals surface area contributed by atoms with Crippen molar-refractivity contribution in [2.75, 3.05) is 13.7 Å². The lowest BCUT2D eigenvalue weighted by atomic mass is 10.0. The normalized spacial score (nSPS) is 21.4. The molecule has 1 aliphatic rings. The Balaban J connectivity index is 2.32. The van der Waals surface area contributed by atoms with Gasteiger partial charge in [0.25, 0.3) is 8.32 Å². The van der Waals surface area contributed by atoms with Gasteiger partial charge < -0.3 is 23.4 Å². The summed E-state index contributed by atoms with van der Waals surface area (Å²) in [6.07, 6.45) is 1.93. The smallest absolute Gasteiger partial charge is 0.303 e. The van der Waals surface area contributed by atoms with Crippen LogP contribution in [-0.4, -0.2) is 46.2 Å². The summed E-state index contributed by atoms with van der Waals surface area (Å²) in [6, 6.07) is 5.68. The zero-order valence-corrected chi connectivity index (χ0v) is 20.7. The van der Waals surface area contributed by atoms with Crippen molar-refractivity contribution in [3.05, 3.63) is 35.9 Å². The number of esters is 2. The molecule has 0 unspecified atom stereocenters. The van der Waals surface area contributed by atoms with Gasteiger partial charge in [0.05, 0.1) is 7.11 Å². The largest absolute Gasteiger partial charge is 0.541 e. The molecule has 0 saturated heterocycles. The number of carbonyl (C=O) groups is 2. The Morgan fingerprint density at radius 3 is 2.29 bits per heavy atom. The molecule has 7 nitrogen and oxygen atoms in total. The van der Waals surface area contributed by atoms with E-state index >= 15 is 0 Å². The zero-order valence-electron chi connectivity index (χ0n) is 19.7. The average Bonchev–Trinajstić information content (AvgIpc) is 2.65. The van der Waals surface area contributed by atoms with Gasteiger partial charge in [-0.15, -0.1) is 0 Å². The fourth-order valence-electron chi connectivity index (χ4n) is 2.85. The van der Waals surface area contributed by atoms with Crippen LogP contribution in [0.2, 0.25) is 18.1 Å². The second-order valence-electron chi connectivity index (χ2n) is 9.13. The Morgan fingerprint density at radius 2 is 1.74 bits per heavy atom.